The minimum absolute atomic E-state index is 0.408. The van der Waals surface area contributed by atoms with Crippen molar-refractivity contribution in [1.29, 1.82) is 5.26 Å². The molecule has 0 spiro atoms. The van der Waals surface area contributed by atoms with Gasteiger partial charge in [0.15, 0.2) is 0 Å². The first-order valence-corrected chi connectivity index (χ1v) is 4.63. The summed E-state index contributed by atoms with van der Waals surface area (Å²) < 4.78 is 5.43. The van der Waals surface area contributed by atoms with Crippen molar-refractivity contribution in [3.8, 4) is 17.9 Å². The third-order valence-corrected chi connectivity index (χ3v) is 1.46. The molecule has 0 fully saturated rings. The molecule has 0 aliphatic heterocycles. The highest BCUT2D eigenvalue weighted by Crippen LogP contribution is 2.08. The van der Waals surface area contributed by atoms with E-state index in [1.54, 1.807) is 0 Å². The Morgan fingerprint density at radius 1 is 1.50 bits per heavy atom. The van der Waals surface area contributed by atoms with Crippen LogP contribution in [0.25, 0.3) is 0 Å². The van der Waals surface area contributed by atoms with Crippen molar-refractivity contribution in [1.82, 2.24) is 0 Å². The molecule has 0 heterocycles. The second kappa shape index (κ2) is 6.24. The molecule has 0 aliphatic carbocycles. The fourth-order valence-electron chi connectivity index (χ4n) is 0.796. The van der Waals surface area contributed by atoms with E-state index in [0.29, 0.717) is 19.4 Å². The molecule has 0 aliphatic rings. The van der Waals surface area contributed by atoms with Crippen LogP contribution < -0.4 is 0 Å². The first kappa shape index (κ1) is 12.8. The van der Waals surface area contributed by atoms with Crippen molar-refractivity contribution in [3.05, 3.63) is 12.2 Å². The second-order valence-electron chi connectivity index (χ2n) is 3.70. The van der Waals surface area contributed by atoms with Gasteiger partial charge >= 0.3 is 0 Å². The third-order valence-electron chi connectivity index (χ3n) is 1.46. The van der Waals surface area contributed by atoms with Crippen LogP contribution in [0.1, 0.15) is 33.6 Å². The summed E-state index contributed by atoms with van der Waals surface area (Å²) in [6.07, 6.45) is 1.11. The van der Waals surface area contributed by atoms with Crippen molar-refractivity contribution < 1.29 is 4.74 Å². The summed E-state index contributed by atoms with van der Waals surface area (Å²) in [6, 6.07) is 2.03. The molecule has 0 aromatic rings. The molecule has 0 aromatic carbocycles. The molecule has 2 nitrogen and oxygen atoms in total. The summed E-state index contributed by atoms with van der Waals surface area (Å²) in [5.41, 5.74) is 0.581. The molecule has 0 saturated carbocycles. The summed E-state index contributed by atoms with van der Waals surface area (Å²) >= 11 is 0. The summed E-state index contributed by atoms with van der Waals surface area (Å²) in [5, 5.41) is 8.33. The van der Waals surface area contributed by atoms with Crippen molar-refractivity contribution in [2.75, 3.05) is 6.61 Å². The fraction of sp³-hybridized carbons (Fsp3) is 0.583. The topological polar surface area (TPSA) is 33.0 Å². The van der Waals surface area contributed by atoms with Gasteiger partial charge in [-0.1, -0.05) is 24.0 Å². The lowest BCUT2D eigenvalue weighted by molar-refractivity contribution is 0.0307. The van der Waals surface area contributed by atoms with Gasteiger partial charge in [-0.3, -0.25) is 0 Å². The molecule has 0 N–H and O–H groups in total. The van der Waals surface area contributed by atoms with Crippen LogP contribution >= 0.6 is 0 Å². The molecule has 2 heteroatoms. The van der Waals surface area contributed by atoms with Crippen LogP contribution in [0.15, 0.2) is 12.2 Å². The maximum atomic E-state index is 8.33. The summed E-state index contributed by atoms with van der Waals surface area (Å²) in [5.74, 6) is 6.00. The van der Waals surface area contributed by atoms with Gasteiger partial charge in [-0.2, -0.15) is 5.26 Å². The largest absolute Gasteiger partial charge is 0.362 e. The minimum Gasteiger partial charge on any atom is -0.362 e. The normalized spacial score (nSPS) is 9.86. The maximum absolute atomic E-state index is 8.33. The number of rotatable bonds is 4. The maximum Gasteiger partial charge on any atom is 0.123 e. The number of ether oxygens (including phenoxy) is 1. The van der Waals surface area contributed by atoms with Crippen LogP contribution in [-0.4, -0.2) is 12.2 Å². The molecule has 0 radical (unpaired) electrons. The van der Waals surface area contributed by atoms with Gasteiger partial charge in [0.1, 0.15) is 5.60 Å². The zero-order valence-electron chi connectivity index (χ0n) is 9.18. The Morgan fingerprint density at radius 2 is 2.14 bits per heavy atom. The average molecular weight is 191 g/mol. The van der Waals surface area contributed by atoms with E-state index in [0.717, 1.165) is 5.57 Å². The fourth-order valence-corrected chi connectivity index (χ4v) is 0.796. The third kappa shape index (κ3) is 7.40. The summed E-state index contributed by atoms with van der Waals surface area (Å²) in [6.45, 7) is 9.94. The Balaban J connectivity index is 3.97. The molecular formula is C12H17NO. The predicted molar refractivity (Wildman–Crippen MR) is 57.5 cm³/mol. The van der Waals surface area contributed by atoms with E-state index in [1.807, 2.05) is 26.8 Å². The van der Waals surface area contributed by atoms with Gasteiger partial charge in [0.05, 0.1) is 19.1 Å². The minimum atomic E-state index is -0.466. The number of nitrogens with zero attached hydrogens (tertiary/aromatic N) is 1. The molecule has 0 amide bonds. The Morgan fingerprint density at radius 3 is 2.64 bits per heavy atom. The molecule has 0 atom stereocenters. The predicted octanol–water partition coefficient (Wildman–Crippen LogP) is 2.66. The average Bonchev–Trinajstić information content (AvgIpc) is 2.03. The number of nitriles is 1. The van der Waals surface area contributed by atoms with Crippen molar-refractivity contribution in [2.45, 2.75) is 39.2 Å². The first-order valence-electron chi connectivity index (χ1n) is 4.63. The lowest BCUT2D eigenvalue weighted by atomic mass is 10.1. The van der Waals surface area contributed by atoms with Gasteiger partial charge < -0.3 is 4.74 Å². The van der Waals surface area contributed by atoms with Gasteiger partial charge in [0.25, 0.3) is 0 Å². The smallest absolute Gasteiger partial charge is 0.123 e. The zero-order chi connectivity index (χ0) is 11.0. The Hall–Kier alpha value is -1.25. The first-order chi connectivity index (χ1) is 6.48. The Bertz CT molecular complexity index is 286. The molecule has 76 valence electrons. The molecular weight excluding hydrogens is 174 g/mol. The summed E-state index contributed by atoms with van der Waals surface area (Å²) in [7, 11) is 0. The lowest BCUT2D eigenvalue weighted by Crippen LogP contribution is -2.22. The quantitative estimate of drug-likeness (QED) is 0.389. The summed E-state index contributed by atoms with van der Waals surface area (Å²) in [4.78, 5) is 0. The van der Waals surface area contributed by atoms with E-state index in [1.165, 1.54) is 0 Å². The number of hydrogen-bond acceptors (Lipinski definition) is 2. The van der Waals surface area contributed by atoms with Gasteiger partial charge in [-0.15, -0.1) is 0 Å². The van der Waals surface area contributed by atoms with Crippen LogP contribution in [0.5, 0.6) is 0 Å². The van der Waals surface area contributed by atoms with Crippen molar-refractivity contribution in [2.24, 2.45) is 0 Å². The monoisotopic (exact) mass is 191 g/mol. The van der Waals surface area contributed by atoms with Gasteiger partial charge in [0, 0.05) is 6.42 Å². The second-order valence-corrected chi connectivity index (χ2v) is 3.70. The van der Waals surface area contributed by atoms with E-state index in [4.69, 9.17) is 10.00 Å². The number of hydrogen-bond donors (Lipinski definition) is 0. The Labute approximate surface area is 86.6 Å². The van der Waals surface area contributed by atoms with Crippen molar-refractivity contribution >= 4 is 0 Å². The van der Waals surface area contributed by atoms with Crippen LogP contribution in [0.2, 0.25) is 0 Å². The highest BCUT2D eigenvalue weighted by atomic mass is 16.5. The molecule has 0 unspecified atom stereocenters. The molecule has 0 saturated heterocycles. The van der Waals surface area contributed by atoms with E-state index in [2.05, 4.69) is 18.4 Å². The highest BCUT2D eigenvalue weighted by molar-refractivity contribution is 5.15. The van der Waals surface area contributed by atoms with E-state index >= 15 is 0 Å². The molecule has 14 heavy (non-hydrogen) atoms. The van der Waals surface area contributed by atoms with Gasteiger partial charge in [0.2, 0.25) is 0 Å². The van der Waals surface area contributed by atoms with E-state index in [9.17, 15) is 0 Å². The van der Waals surface area contributed by atoms with Crippen LogP contribution in [0, 0.1) is 23.2 Å². The molecule has 0 aromatic heterocycles. The SMILES string of the molecule is C=C(C)CC#CC(C)(C)OCCC#N. The van der Waals surface area contributed by atoms with Crippen LogP contribution in [0.4, 0.5) is 0 Å². The van der Waals surface area contributed by atoms with E-state index in [-0.39, 0.29) is 0 Å². The standard InChI is InChI=1S/C12H17NO/c1-11(2)7-5-8-12(3,4)14-10-6-9-13/h1,6-7,10H2,2-4H3. The number of allylic oxidation sites excluding steroid dienone is 1. The highest BCUT2D eigenvalue weighted by Gasteiger charge is 2.13. The van der Waals surface area contributed by atoms with Gasteiger partial charge in [-0.25, -0.2) is 0 Å². The van der Waals surface area contributed by atoms with E-state index < -0.39 is 5.60 Å². The Kier molecular flexibility index (Phi) is 5.68. The van der Waals surface area contributed by atoms with Crippen LogP contribution in [0.3, 0.4) is 0 Å². The molecule has 0 bridgehead atoms. The van der Waals surface area contributed by atoms with Crippen LogP contribution in [-0.2, 0) is 4.74 Å². The lowest BCUT2D eigenvalue weighted by Gasteiger charge is -2.17. The van der Waals surface area contributed by atoms with Crippen molar-refractivity contribution in [3.63, 3.8) is 0 Å². The zero-order valence-corrected chi connectivity index (χ0v) is 9.18. The van der Waals surface area contributed by atoms with Gasteiger partial charge in [-0.05, 0) is 20.8 Å². The molecule has 0 rings (SSSR count).